The van der Waals surface area contributed by atoms with Crippen molar-refractivity contribution in [1.29, 1.82) is 0 Å². The van der Waals surface area contributed by atoms with Gasteiger partial charge in [0, 0.05) is 11.8 Å². The standard InChI is InChI=1S/C21H27N3O6S/c1-3-27-19(25)12-16-14-31-21(23-16)24-22-13-15-5-6-17(26-2)18(11-15)28-10-7-20-29-8-4-9-30-20/h5-6,11,13-14,20H,3-4,7-10,12H2,1-2H3,(H,23,24). The number of benzene rings is 1. The van der Waals surface area contributed by atoms with E-state index in [9.17, 15) is 4.79 Å². The summed E-state index contributed by atoms with van der Waals surface area (Å²) in [5.74, 6) is 0.961. The minimum atomic E-state index is -0.296. The second-order valence-electron chi connectivity index (χ2n) is 6.57. The lowest BCUT2D eigenvalue weighted by molar-refractivity contribution is -0.183. The first-order valence-corrected chi connectivity index (χ1v) is 11.0. The molecule has 0 amide bonds. The Kier molecular flexibility index (Phi) is 9.07. The van der Waals surface area contributed by atoms with Gasteiger partial charge in [-0.25, -0.2) is 4.98 Å². The molecular weight excluding hydrogens is 422 g/mol. The minimum absolute atomic E-state index is 0.145. The van der Waals surface area contributed by atoms with Crippen LogP contribution in [0.2, 0.25) is 0 Å². The van der Waals surface area contributed by atoms with Crippen LogP contribution >= 0.6 is 11.3 Å². The highest BCUT2D eigenvalue weighted by Gasteiger charge is 2.15. The molecule has 0 spiro atoms. The molecule has 1 aromatic carbocycles. The number of aromatic nitrogens is 1. The molecule has 0 radical (unpaired) electrons. The number of ether oxygens (including phenoxy) is 5. The van der Waals surface area contributed by atoms with Gasteiger partial charge >= 0.3 is 5.97 Å². The number of carbonyl (C=O) groups excluding carboxylic acids is 1. The fourth-order valence-corrected chi connectivity index (χ4v) is 3.48. The highest BCUT2D eigenvalue weighted by molar-refractivity contribution is 7.13. The minimum Gasteiger partial charge on any atom is -0.493 e. The van der Waals surface area contributed by atoms with E-state index in [4.69, 9.17) is 23.7 Å². The lowest BCUT2D eigenvalue weighted by atomic mass is 10.2. The summed E-state index contributed by atoms with van der Waals surface area (Å²) >= 11 is 1.37. The number of hydrazone groups is 1. The highest BCUT2D eigenvalue weighted by atomic mass is 32.1. The van der Waals surface area contributed by atoms with Crippen LogP contribution in [0.5, 0.6) is 11.5 Å². The summed E-state index contributed by atoms with van der Waals surface area (Å²) in [4.78, 5) is 15.8. The van der Waals surface area contributed by atoms with E-state index in [1.807, 2.05) is 18.2 Å². The quantitative estimate of drug-likeness (QED) is 0.317. The van der Waals surface area contributed by atoms with Crippen molar-refractivity contribution in [2.75, 3.05) is 39.0 Å². The first-order chi connectivity index (χ1) is 15.2. The fraction of sp³-hybridized carbons (Fsp3) is 0.476. The van der Waals surface area contributed by atoms with Gasteiger partial charge in [0.2, 0.25) is 5.13 Å². The molecule has 1 saturated heterocycles. The molecule has 168 valence electrons. The Hall–Kier alpha value is -2.69. The second kappa shape index (κ2) is 12.2. The van der Waals surface area contributed by atoms with Crippen LogP contribution in [0.25, 0.3) is 0 Å². The number of hydrogen-bond donors (Lipinski definition) is 1. The average molecular weight is 450 g/mol. The van der Waals surface area contributed by atoms with Crippen LogP contribution in [0.4, 0.5) is 5.13 Å². The summed E-state index contributed by atoms with van der Waals surface area (Å²) in [6.07, 6.45) is 3.15. The molecular formula is C21H27N3O6S. The lowest BCUT2D eigenvalue weighted by Gasteiger charge is -2.23. The number of carbonyl (C=O) groups is 1. The van der Waals surface area contributed by atoms with Crippen molar-refractivity contribution in [1.82, 2.24) is 4.98 Å². The second-order valence-corrected chi connectivity index (χ2v) is 7.43. The Labute approximate surface area is 185 Å². The number of esters is 1. The van der Waals surface area contributed by atoms with Crippen LogP contribution in [0.3, 0.4) is 0 Å². The van der Waals surface area contributed by atoms with Crippen LogP contribution in [0.15, 0.2) is 28.7 Å². The summed E-state index contributed by atoms with van der Waals surface area (Å²) in [6.45, 7) is 4.01. The Morgan fingerprint density at radius 3 is 2.97 bits per heavy atom. The Balaban J connectivity index is 1.52. The van der Waals surface area contributed by atoms with Gasteiger partial charge in [-0.3, -0.25) is 10.2 Å². The van der Waals surface area contributed by atoms with E-state index in [1.54, 1.807) is 25.6 Å². The van der Waals surface area contributed by atoms with Crippen LogP contribution in [-0.4, -0.2) is 57.0 Å². The van der Waals surface area contributed by atoms with Crippen molar-refractivity contribution in [2.45, 2.75) is 32.5 Å². The Morgan fingerprint density at radius 1 is 1.35 bits per heavy atom. The molecule has 10 heteroatoms. The van der Waals surface area contributed by atoms with Crippen molar-refractivity contribution in [3.8, 4) is 11.5 Å². The van der Waals surface area contributed by atoms with Crippen molar-refractivity contribution >= 4 is 28.7 Å². The van der Waals surface area contributed by atoms with E-state index in [0.717, 1.165) is 25.2 Å². The van der Waals surface area contributed by atoms with Crippen LogP contribution in [0.1, 0.15) is 31.0 Å². The molecule has 9 nitrogen and oxygen atoms in total. The first kappa shape index (κ1) is 23.0. The largest absolute Gasteiger partial charge is 0.493 e. The SMILES string of the molecule is CCOC(=O)Cc1csc(NN=Cc2ccc(OC)c(OCCC3OCCCO3)c2)n1. The van der Waals surface area contributed by atoms with Crippen LogP contribution in [-0.2, 0) is 25.4 Å². The number of methoxy groups -OCH3 is 1. The summed E-state index contributed by atoms with van der Waals surface area (Å²) in [5.41, 5.74) is 4.35. The maximum absolute atomic E-state index is 11.5. The van der Waals surface area contributed by atoms with Gasteiger partial charge in [0.1, 0.15) is 0 Å². The van der Waals surface area contributed by atoms with Gasteiger partial charge < -0.3 is 23.7 Å². The molecule has 0 atom stereocenters. The van der Waals surface area contributed by atoms with E-state index >= 15 is 0 Å². The maximum atomic E-state index is 11.5. The zero-order chi connectivity index (χ0) is 21.9. The highest BCUT2D eigenvalue weighted by Crippen LogP contribution is 2.28. The molecule has 0 aliphatic carbocycles. The van der Waals surface area contributed by atoms with Crippen molar-refractivity contribution in [3.63, 3.8) is 0 Å². The third-order valence-electron chi connectivity index (χ3n) is 4.25. The predicted molar refractivity (Wildman–Crippen MR) is 117 cm³/mol. The number of nitrogens with one attached hydrogen (secondary N) is 1. The number of rotatable bonds is 11. The predicted octanol–water partition coefficient (Wildman–Crippen LogP) is 3.24. The summed E-state index contributed by atoms with van der Waals surface area (Å²) in [5, 5.41) is 6.60. The molecule has 0 saturated carbocycles. The Morgan fingerprint density at radius 2 is 2.19 bits per heavy atom. The molecule has 1 aromatic heterocycles. The number of nitrogens with zero attached hydrogens (tertiary/aromatic N) is 2. The van der Waals surface area contributed by atoms with Gasteiger partial charge in [-0.2, -0.15) is 5.10 Å². The molecule has 0 bridgehead atoms. The average Bonchev–Trinajstić information content (AvgIpc) is 3.22. The van der Waals surface area contributed by atoms with Gasteiger partial charge in [0.05, 0.1) is 51.9 Å². The van der Waals surface area contributed by atoms with Gasteiger partial charge in [-0.1, -0.05) is 0 Å². The molecule has 31 heavy (non-hydrogen) atoms. The summed E-state index contributed by atoms with van der Waals surface area (Å²) in [6, 6.07) is 5.55. The van der Waals surface area contributed by atoms with Crippen molar-refractivity contribution < 1.29 is 28.5 Å². The molecule has 1 aliphatic heterocycles. The van der Waals surface area contributed by atoms with Gasteiger partial charge in [0.25, 0.3) is 0 Å². The fourth-order valence-electron chi connectivity index (χ4n) is 2.82. The smallest absolute Gasteiger partial charge is 0.311 e. The van der Waals surface area contributed by atoms with Crippen molar-refractivity contribution in [3.05, 3.63) is 34.8 Å². The zero-order valence-electron chi connectivity index (χ0n) is 17.7. The van der Waals surface area contributed by atoms with E-state index in [2.05, 4.69) is 15.5 Å². The molecule has 1 fully saturated rings. The number of hydrogen-bond acceptors (Lipinski definition) is 10. The molecule has 2 aromatic rings. The van der Waals surface area contributed by atoms with Gasteiger partial charge in [-0.05, 0) is 37.1 Å². The monoisotopic (exact) mass is 449 g/mol. The molecule has 1 aliphatic rings. The topological polar surface area (TPSA) is 101 Å². The Bertz CT molecular complexity index is 867. The molecule has 0 unspecified atom stereocenters. The molecule has 2 heterocycles. The van der Waals surface area contributed by atoms with Crippen molar-refractivity contribution in [2.24, 2.45) is 5.10 Å². The zero-order valence-corrected chi connectivity index (χ0v) is 18.5. The van der Waals surface area contributed by atoms with Gasteiger partial charge in [0.15, 0.2) is 17.8 Å². The maximum Gasteiger partial charge on any atom is 0.311 e. The summed E-state index contributed by atoms with van der Waals surface area (Å²) in [7, 11) is 1.60. The normalized spacial score (nSPS) is 14.5. The first-order valence-electron chi connectivity index (χ1n) is 10.1. The van der Waals surface area contributed by atoms with E-state index < -0.39 is 0 Å². The third-order valence-corrected chi connectivity index (χ3v) is 5.05. The lowest BCUT2D eigenvalue weighted by Crippen LogP contribution is -2.26. The third kappa shape index (κ3) is 7.50. The molecule has 1 N–H and O–H groups in total. The van der Waals surface area contributed by atoms with E-state index in [-0.39, 0.29) is 18.7 Å². The number of thiazole rings is 1. The van der Waals surface area contributed by atoms with Crippen LogP contribution < -0.4 is 14.9 Å². The number of anilines is 1. The van der Waals surface area contributed by atoms with Gasteiger partial charge in [-0.15, -0.1) is 11.3 Å². The molecule has 3 rings (SSSR count). The van der Waals surface area contributed by atoms with Crippen LogP contribution in [0, 0.1) is 0 Å². The summed E-state index contributed by atoms with van der Waals surface area (Å²) < 4.78 is 27.2. The van der Waals surface area contributed by atoms with E-state index in [0.29, 0.717) is 42.0 Å². The van der Waals surface area contributed by atoms with E-state index in [1.165, 1.54) is 11.3 Å².